The molecule has 2 rings (SSSR count). The lowest BCUT2D eigenvalue weighted by Gasteiger charge is -2.10. The number of H-pyrrole nitrogens is 1. The highest BCUT2D eigenvalue weighted by Gasteiger charge is 2.05. The Morgan fingerprint density at radius 1 is 1.42 bits per heavy atom. The van der Waals surface area contributed by atoms with Gasteiger partial charge in [0.15, 0.2) is 0 Å². The highest BCUT2D eigenvalue weighted by Crippen LogP contribution is 2.22. The summed E-state index contributed by atoms with van der Waals surface area (Å²) in [4.78, 5) is 18.3. The van der Waals surface area contributed by atoms with E-state index in [2.05, 4.69) is 15.3 Å². The van der Waals surface area contributed by atoms with Crippen molar-refractivity contribution in [1.82, 2.24) is 9.97 Å². The predicted molar refractivity (Wildman–Crippen MR) is 76.4 cm³/mol. The van der Waals surface area contributed by atoms with Crippen LogP contribution >= 0.6 is 0 Å². The number of nitrogens with zero attached hydrogens (tertiary/aromatic N) is 1. The van der Waals surface area contributed by atoms with Crippen molar-refractivity contribution in [2.45, 2.75) is 12.8 Å². The van der Waals surface area contributed by atoms with Gasteiger partial charge in [0, 0.05) is 20.3 Å². The largest absolute Gasteiger partial charge is 0.397 e. The number of nitrogen functional groups attached to an aromatic ring is 1. The summed E-state index contributed by atoms with van der Waals surface area (Å²) < 4.78 is 4.99. The molecule has 19 heavy (non-hydrogen) atoms. The number of methoxy groups -OCH3 is 1. The van der Waals surface area contributed by atoms with Crippen LogP contribution < -0.4 is 16.6 Å². The Labute approximate surface area is 111 Å². The fourth-order valence-corrected chi connectivity index (χ4v) is 1.88. The summed E-state index contributed by atoms with van der Waals surface area (Å²) in [7, 11) is 1.69. The number of benzene rings is 1. The van der Waals surface area contributed by atoms with Crippen molar-refractivity contribution in [2.24, 2.45) is 0 Å². The molecule has 102 valence electrons. The number of nitrogens with two attached hydrogens (primary N) is 1. The average molecular weight is 262 g/mol. The third-order valence-corrected chi connectivity index (χ3v) is 2.90. The zero-order valence-electron chi connectivity index (χ0n) is 10.9. The van der Waals surface area contributed by atoms with E-state index >= 15 is 0 Å². The summed E-state index contributed by atoms with van der Waals surface area (Å²) in [5.74, 6) is 0. The maximum absolute atomic E-state index is 11.6. The zero-order chi connectivity index (χ0) is 13.7. The quantitative estimate of drug-likeness (QED) is 0.539. The van der Waals surface area contributed by atoms with Crippen molar-refractivity contribution in [3.8, 4) is 0 Å². The number of nitrogens with one attached hydrogen (secondary N) is 2. The molecule has 0 fully saturated rings. The van der Waals surface area contributed by atoms with Crippen LogP contribution in [-0.2, 0) is 4.74 Å². The molecule has 1 heterocycles. The van der Waals surface area contributed by atoms with Crippen LogP contribution in [0.1, 0.15) is 12.8 Å². The van der Waals surface area contributed by atoms with Crippen LogP contribution in [-0.4, -0.2) is 30.2 Å². The zero-order valence-corrected chi connectivity index (χ0v) is 10.9. The first-order chi connectivity index (χ1) is 9.22. The number of fused-ring (bicyclic) bond motifs is 1. The van der Waals surface area contributed by atoms with Gasteiger partial charge in [0.2, 0.25) is 0 Å². The van der Waals surface area contributed by atoms with Crippen molar-refractivity contribution in [2.75, 3.05) is 31.3 Å². The van der Waals surface area contributed by atoms with E-state index in [1.807, 2.05) is 0 Å². The molecule has 0 atom stereocenters. The number of hydrogen-bond acceptors (Lipinski definition) is 5. The molecule has 0 saturated carbocycles. The number of hydrogen-bond donors (Lipinski definition) is 3. The SMILES string of the molecule is COCCCCNc1cc2nc[nH]c(=O)c2cc1N. The van der Waals surface area contributed by atoms with Gasteiger partial charge in [-0.25, -0.2) is 4.98 Å². The van der Waals surface area contributed by atoms with Gasteiger partial charge in [0.25, 0.3) is 5.56 Å². The van der Waals surface area contributed by atoms with E-state index < -0.39 is 0 Å². The van der Waals surface area contributed by atoms with E-state index in [0.717, 1.165) is 31.7 Å². The second kappa shape index (κ2) is 6.19. The molecule has 0 aliphatic rings. The molecule has 1 aromatic heterocycles. The second-order valence-corrected chi connectivity index (χ2v) is 4.31. The van der Waals surface area contributed by atoms with Gasteiger partial charge < -0.3 is 20.8 Å². The van der Waals surface area contributed by atoms with Gasteiger partial charge in [0.1, 0.15) is 0 Å². The summed E-state index contributed by atoms with van der Waals surface area (Å²) in [6.45, 7) is 1.56. The molecule has 2 aromatic rings. The van der Waals surface area contributed by atoms with Crippen molar-refractivity contribution in [1.29, 1.82) is 0 Å². The molecule has 0 amide bonds. The minimum Gasteiger partial charge on any atom is -0.397 e. The molecule has 0 bridgehead atoms. The van der Waals surface area contributed by atoms with Crippen molar-refractivity contribution in [3.05, 3.63) is 28.8 Å². The summed E-state index contributed by atoms with van der Waals surface area (Å²) in [5, 5.41) is 3.76. The van der Waals surface area contributed by atoms with Gasteiger partial charge >= 0.3 is 0 Å². The molecule has 0 unspecified atom stereocenters. The van der Waals surface area contributed by atoms with Crippen molar-refractivity contribution >= 4 is 22.3 Å². The van der Waals surface area contributed by atoms with Crippen molar-refractivity contribution in [3.63, 3.8) is 0 Å². The van der Waals surface area contributed by atoms with Crippen LogP contribution in [0.15, 0.2) is 23.3 Å². The molecule has 0 aliphatic heterocycles. The average Bonchev–Trinajstić information content (AvgIpc) is 2.40. The predicted octanol–water partition coefficient (Wildman–Crippen LogP) is 1.34. The van der Waals surface area contributed by atoms with Crippen LogP contribution in [0.2, 0.25) is 0 Å². The standard InChI is InChI=1S/C13H18N4O2/c1-19-5-3-2-4-15-12-7-11-9(6-10(12)14)13(18)17-8-16-11/h6-8,15H,2-5,14H2,1H3,(H,16,17,18). The second-order valence-electron chi connectivity index (χ2n) is 4.31. The first-order valence-electron chi connectivity index (χ1n) is 6.22. The summed E-state index contributed by atoms with van der Waals surface area (Å²) in [6, 6.07) is 3.45. The fraction of sp³-hybridized carbons (Fsp3) is 0.385. The molecule has 0 spiro atoms. The number of anilines is 2. The Morgan fingerprint density at radius 2 is 2.26 bits per heavy atom. The molecule has 0 aliphatic carbocycles. The highest BCUT2D eigenvalue weighted by molar-refractivity contribution is 5.88. The Morgan fingerprint density at radius 3 is 3.05 bits per heavy atom. The first kappa shape index (κ1) is 13.4. The topological polar surface area (TPSA) is 93.0 Å². The lowest BCUT2D eigenvalue weighted by molar-refractivity contribution is 0.194. The van der Waals surface area contributed by atoms with Gasteiger partial charge in [-0.1, -0.05) is 0 Å². The number of aromatic nitrogens is 2. The summed E-state index contributed by atoms with van der Waals surface area (Å²) in [5.41, 5.74) is 7.75. The molecule has 0 saturated heterocycles. The van der Waals surface area contributed by atoms with Crippen LogP contribution in [0.25, 0.3) is 10.9 Å². The van der Waals surface area contributed by atoms with Crippen LogP contribution in [0, 0.1) is 0 Å². The lowest BCUT2D eigenvalue weighted by atomic mass is 10.2. The smallest absolute Gasteiger partial charge is 0.258 e. The first-order valence-corrected chi connectivity index (χ1v) is 6.22. The maximum atomic E-state index is 11.6. The summed E-state index contributed by atoms with van der Waals surface area (Å²) in [6.07, 6.45) is 3.38. The number of unbranched alkanes of at least 4 members (excludes halogenated alkanes) is 1. The van der Waals surface area contributed by atoms with Gasteiger partial charge in [-0.3, -0.25) is 4.79 Å². The number of ether oxygens (including phenoxy) is 1. The molecule has 6 nitrogen and oxygen atoms in total. The molecule has 4 N–H and O–H groups in total. The normalized spacial score (nSPS) is 10.8. The minimum atomic E-state index is -0.177. The van der Waals surface area contributed by atoms with E-state index in [4.69, 9.17) is 10.5 Å². The van der Waals surface area contributed by atoms with E-state index in [0.29, 0.717) is 16.6 Å². The van der Waals surface area contributed by atoms with Crippen LogP contribution in [0.5, 0.6) is 0 Å². The molecule has 1 aromatic carbocycles. The number of rotatable bonds is 6. The van der Waals surface area contributed by atoms with Crippen molar-refractivity contribution < 1.29 is 4.74 Å². The van der Waals surface area contributed by atoms with Gasteiger partial charge in [-0.2, -0.15) is 0 Å². The third-order valence-electron chi connectivity index (χ3n) is 2.90. The van der Waals surface area contributed by atoms with E-state index in [-0.39, 0.29) is 5.56 Å². The van der Waals surface area contributed by atoms with Gasteiger partial charge in [0.05, 0.1) is 28.6 Å². The van der Waals surface area contributed by atoms with E-state index in [1.165, 1.54) is 6.33 Å². The molecule has 6 heteroatoms. The fourth-order valence-electron chi connectivity index (χ4n) is 1.88. The summed E-state index contributed by atoms with van der Waals surface area (Å²) >= 11 is 0. The van der Waals surface area contributed by atoms with Crippen LogP contribution in [0.3, 0.4) is 0 Å². The Balaban J connectivity index is 2.11. The Kier molecular flexibility index (Phi) is 4.35. The maximum Gasteiger partial charge on any atom is 0.258 e. The van der Waals surface area contributed by atoms with E-state index in [9.17, 15) is 4.79 Å². The monoisotopic (exact) mass is 262 g/mol. The lowest BCUT2D eigenvalue weighted by Crippen LogP contribution is -2.09. The van der Waals surface area contributed by atoms with Gasteiger partial charge in [-0.05, 0) is 25.0 Å². The van der Waals surface area contributed by atoms with Gasteiger partial charge in [-0.15, -0.1) is 0 Å². The highest BCUT2D eigenvalue weighted by atomic mass is 16.5. The molecular formula is C13H18N4O2. The van der Waals surface area contributed by atoms with E-state index in [1.54, 1.807) is 19.2 Å². The minimum absolute atomic E-state index is 0.177. The van der Waals surface area contributed by atoms with Crippen LogP contribution in [0.4, 0.5) is 11.4 Å². The number of aromatic amines is 1. The molecule has 0 radical (unpaired) electrons. The molecular weight excluding hydrogens is 244 g/mol. The Bertz CT molecular complexity index is 609. The Hall–Kier alpha value is -2.08. The third kappa shape index (κ3) is 3.23.